The molecule has 1 aliphatic carbocycles. The number of nitrogens with one attached hydrogen (secondary N) is 1. The predicted octanol–water partition coefficient (Wildman–Crippen LogP) is 3.41. The summed E-state index contributed by atoms with van der Waals surface area (Å²) in [6.07, 6.45) is 3.89. The van der Waals surface area contributed by atoms with Crippen LogP contribution in [-0.2, 0) is 29.1 Å². The standard InChI is InChI=1S/C23H30N2O6S/c1-21(2)10-16-11-23(5,13-21)14-25(16)32(28,29)17-8-6-7-15(9-17)24-12-18-19(26)30-22(3,4)31-20(18)27/h6-9,12,16,24H,10-11,13-14H2,1-5H3. The third kappa shape index (κ3) is 4.28. The molecule has 32 heavy (non-hydrogen) atoms. The first-order valence-corrected chi connectivity index (χ1v) is 12.2. The van der Waals surface area contributed by atoms with Crippen LogP contribution < -0.4 is 5.32 Å². The Morgan fingerprint density at radius 1 is 1.06 bits per heavy atom. The minimum absolute atomic E-state index is 0.0115. The van der Waals surface area contributed by atoms with Gasteiger partial charge in [0.15, 0.2) is 5.57 Å². The Morgan fingerprint density at radius 2 is 1.72 bits per heavy atom. The molecule has 1 aromatic carbocycles. The lowest BCUT2D eigenvalue weighted by atomic mass is 9.65. The highest BCUT2D eigenvalue weighted by molar-refractivity contribution is 7.89. The van der Waals surface area contributed by atoms with Gasteiger partial charge in [-0.15, -0.1) is 0 Å². The first-order chi connectivity index (χ1) is 14.7. The largest absolute Gasteiger partial charge is 0.419 e. The van der Waals surface area contributed by atoms with Crippen molar-refractivity contribution in [3.63, 3.8) is 0 Å². The zero-order valence-corrected chi connectivity index (χ0v) is 19.9. The summed E-state index contributed by atoms with van der Waals surface area (Å²) in [4.78, 5) is 24.4. The molecule has 0 aromatic heterocycles. The summed E-state index contributed by atoms with van der Waals surface area (Å²) < 4.78 is 38.8. The highest BCUT2D eigenvalue weighted by Crippen LogP contribution is 2.53. The number of hydrogen-bond donors (Lipinski definition) is 1. The van der Waals surface area contributed by atoms with Crippen molar-refractivity contribution in [1.82, 2.24) is 4.31 Å². The number of sulfonamides is 1. The second-order valence-electron chi connectivity index (χ2n) is 10.7. The predicted molar refractivity (Wildman–Crippen MR) is 118 cm³/mol. The van der Waals surface area contributed by atoms with Crippen LogP contribution in [-0.4, -0.2) is 43.0 Å². The molecule has 9 heteroatoms. The zero-order chi connectivity index (χ0) is 23.5. The summed E-state index contributed by atoms with van der Waals surface area (Å²) in [6.45, 7) is 10.0. The molecule has 2 aliphatic heterocycles. The molecule has 0 radical (unpaired) electrons. The molecule has 8 nitrogen and oxygen atoms in total. The molecule has 3 aliphatic rings. The Labute approximate surface area is 189 Å². The van der Waals surface area contributed by atoms with Crippen LogP contribution in [0.2, 0.25) is 0 Å². The monoisotopic (exact) mass is 462 g/mol. The SMILES string of the molecule is CC1(C)CC2CC(C)(CN2S(=O)(=O)c2cccc(NC=C3C(=O)OC(C)(C)OC3=O)c2)C1. The number of fused-ring (bicyclic) bond motifs is 2. The average molecular weight is 463 g/mol. The van der Waals surface area contributed by atoms with E-state index in [9.17, 15) is 18.0 Å². The van der Waals surface area contributed by atoms with Crippen molar-refractivity contribution < 1.29 is 27.5 Å². The van der Waals surface area contributed by atoms with E-state index in [2.05, 4.69) is 26.1 Å². The van der Waals surface area contributed by atoms with E-state index >= 15 is 0 Å². The van der Waals surface area contributed by atoms with Crippen molar-refractivity contribution in [2.45, 2.75) is 70.6 Å². The third-order valence-electron chi connectivity index (χ3n) is 6.31. The Bertz CT molecular complexity index is 1090. The number of carbonyl (C=O) groups excluding carboxylic acids is 2. The molecule has 2 bridgehead atoms. The number of anilines is 1. The van der Waals surface area contributed by atoms with Gasteiger partial charge in [-0.2, -0.15) is 4.31 Å². The molecule has 1 N–H and O–H groups in total. The fraction of sp³-hybridized carbons (Fsp3) is 0.565. The van der Waals surface area contributed by atoms with E-state index in [1.54, 1.807) is 22.5 Å². The lowest BCUT2D eigenvalue weighted by molar-refractivity contribution is -0.222. The van der Waals surface area contributed by atoms with Gasteiger partial charge in [-0.25, -0.2) is 18.0 Å². The molecule has 3 fully saturated rings. The number of benzene rings is 1. The van der Waals surface area contributed by atoms with Gasteiger partial charge >= 0.3 is 11.9 Å². The molecule has 2 saturated heterocycles. The molecule has 0 amide bonds. The van der Waals surface area contributed by atoms with E-state index in [1.165, 1.54) is 26.1 Å². The van der Waals surface area contributed by atoms with Crippen LogP contribution in [0.5, 0.6) is 0 Å². The van der Waals surface area contributed by atoms with E-state index in [1.807, 2.05) is 0 Å². The summed E-state index contributed by atoms with van der Waals surface area (Å²) in [5.74, 6) is -2.93. The molecule has 2 heterocycles. The number of esters is 2. The maximum Gasteiger partial charge on any atom is 0.350 e. The first-order valence-electron chi connectivity index (χ1n) is 10.8. The van der Waals surface area contributed by atoms with Crippen LogP contribution in [0.4, 0.5) is 5.69 Å². The highest BCUT2D eigenvalue weighted by atomic mass is 32.2. The molecular formula is C23H30N2O6S. The van der Waals surface area contributed by atoms with Crippen molar-refractivity contribution in [2.75, 3.05) is 11.9 Å². The van der Waals surface area contributed by atoms with E-state index in [0.29, 0.717) is 12.2 Å². The molecule has 2 unspecified atom stereocenters. The molecule has 174 valence electrons. The lowest BCUT2D eigenvalue weighted by Crippen LogP contribution is -2.42. The smallest absolute Gasteiger partial charge is 0.350 e. The van der Waals surface area contributed by atoms with Gasteiger partial charge in [-0.05, 0) is 48.3 Å². The van der Waals surface area contributed by atoms with Gasteiger partial charge in [0.1, 0.15) is 0 Å². The summed E-state index contributed by atoms with van der Waals surface area (Å²) in [5, 5.41) is 2.83. The fourth-order valence-corrected chi connectivity index (χ4v) is 7.33. The first kappa shape index (κ1) is 22.8. The van der Waals surface area contributed by atoms with Crippen LogP contribution >= 0.6 is 0 Å². The number of rotatable bonds is 4. The summed E-state index contributed by atoms with van der Waals surface area (Å²) >= 11 is 0. The number of ether oxygens (including phenoxy) is 2. The molecule has 2 atom stereocenters. The number of nitrogens with zero attached hydrogens (tertiary/aromatic N) is 1. The maximum absolute atomic E-state index is 13.5. The van der Waals surface area contributed by atoms with Crippen LogP contribution in [0, 0.1) is 10.8 Å². The minimum Gasteiger partial charge on any atom is -0.419 e. The molecule has 4 rings (SSSR count). The molecular weight excluding hydrogens is 432 g/mol. The second kappa shape index (κ2) is 7.31. The van der Waals surface area contributed by atoms with Crippen molar-refractivity contribution in [2.24, 2.45) is 10.8 Å². The normalized spacial score (nSPS) is 29.3. The summed E-state index contributed by atoms with van der Waals surface area (Å²) in [6, 6.07) is 6.34. The molecule has 1 aromatic rings. The van der Waals surface area contributed by atoms with Gasteiger partial charge in [0.05, 0.1) is 4.90 Å². The highest BCUT2D eigenvalue weighted by Gasteiger charge is 2.53. The van der Waals surface area contributed by atoms with E-state index in [-0.39, 0.29) is 27.3 Å². The van der Waals surface area contributed by atoms with Crippen LogP contribution in [0.1, 0.15) is 53.9 Å². The van der Waals surface area contributed by atoms with Gasteiger partial charge in [0.25, 0.3) is 5.79 Å². The van der Waals surface area contributed by atoms with Gasteiger partial charge in [0, 0.05) is 38.3 Å². The Balaban J connectivity index is 1.56. The number of carbonyl (C=O) groups is 2. The number of cyclic esters (lactones) is 2. The summed E-state index contributed by atoms with van der Waals surface area (Å²) in [7, 11) is -3.69. The van der Waals surface area contributed by atoms with Crippen LogP contribution in [0.3, 0.4) is 0 Å². The van der Waals surface area contributed by atoms with Crippen LogP contribution in [0.15, 0.2) is 40.9 Å². The second-order valence-corrected chi connectivity index (χ2v) is 12.6. The topological polar surface area (TPSA) is 102 Å². The van der Waals surface area contributed by atoms with E-state index in [4.69, 9.17) is 9.47 Å². The average Bonchev–Trinajstić information content (AvgIpc) is 2.89. The van der Waals surface area contributed by atoms with Crippen molar-refractivity contribution >= 4 is 27.6 Å². The van der Waals surface area contributed by atoms with Gasteiger partial charge < -0.3 is 14.8 Å². The lowest BCUT2D eigenvalue weighted by Gasteiger charge is -2.39. The summed E-state index contributed by atoms with van der Waals surface area (Å²) in [5.41, 5.74) is 0.226. The fourth-order valence-electron chi connectivity index (χ4n) is 5.50. The Hall–Kier alpha value is -2.39. The quantitative estimate of drug-likeness (QED) is 0.416. The van der Waals surface area contributed by atoms with E-state index in [0.717, 1.165) is 19.3 Å². The van der Waals surface area contributed by atoms with Crippen molar-refractivity contribution in [3.05, 3.63) is 36.0 Å². The maximum atomic E-state index is 13.5. The van der Waals surface area contributed by atoms with E-state index < -0.39 is 27.7 Å². The van der Waals surface area contributed by atoms with Crippen molar-refractivity contribution in [1.29, 1.82) is 0 Å². The van der Waals surface area contributed by atoms with Crippen molar-refractivity contribution in [3.8, 4) is 0 Å². The minimum atomic E-state index is -3.69. The third-order valence-corrected chi connectivity index (χ3v) is 8.20. The van der Waals surface area contributed by atoms with Gasteiger partial charge in [-0.1, -0.05) is 26.8 Å². The zero-order valence-electron chi connectivity index (χ0n) is 19.1. The Morgan fingerprint density at radius 3 is 2.38 bits per heavy atom. The van der Waals surface area contributed by atoms with Gasteiger partial charge in [0.2, 0.25) is 10.0 Å². The Kier molecular flexibility index (Phi) is 5.21. The van der Waals surface area contributed by atoms with Crippen LogP contribution in [0.25, 0.3) is 0 Å². The number of hydrogen-bond acceptors (Lipinski definition) is 7. The molecule has 0 spiro atoms. The van der Waals surface area contributed by atoms with Gasteiger partial charge in [-0.3, -0.25) is 0 Å². The molecule has 1 saturated carbocycles.